The zero-order valence-electron chi connectivity index (χ0n) is 7.42. The summed E-state index contributed by atoms with van der Waals surface area (Å²) in [6.45, 7) is 0. The number of carboxylic acids is 1. The first-order valence-electron chi connectivity index (χ1n) is 4.03. The van der Waals surface area contributed by atoms with Gasteiger partial charge in [-0.15, -0.1) is 0 Å². The quantitative estimate of drug-likeness (QED) is 0.754. The first kappa shape index (κ1) is 11.4. The van der Waals surface area contributed by atoms with E-state index >= 15 is 0 Å². The predicted molar refractivity (Wildman–Crippen MR) is 60.4 cm³/mol. The Bertz CT molecular complexity index is 292. The maximum absolute atomic E-state index is 10.4. The monoisotopic (exact) mass is 229 g/mol. The summed E-state index contributed by atoms with van der Waals surface area (Å²) in [6, 6.07) is 9.00. The molecule has 76 valence electrons. The number of rotatable bonds is 5. The molecule has 0 amide bonds. The summed E-state index contributed by atoms with van der Waals surface area (Å²) >= 11 is 0. The largest absolute Gasteiger partial charge is 0.480 e. The Hall–Kier alpha value is -0.650. The molecule has 0 aliphatic carbocycles. The van der Waals surface area contributed by atoms with Gasteiger partial charge in [0, 0.05) is 10.6 Å². The second-order valence-corrected chi connectivity index (χ2v) is 5.04. The molecule has 0 radical (unpaired) electrons. The molecular weight excluding hydrogens is 218 g/mol. The van der Waals surface area contributed by atoms with Crippen molar-refractivity contribution in [3.8, 4) is 0 Å². The lowest BCUT2D eigenvalue weighted by Crippen LogP contribution is -2.32. The van der Waals surface area contributed by atoms with Crippen LogP contribution in [0.2, 0.25) is 0 Å². The molecule has 0 spiro atoms. The van der Waals surface area contributed by atoms with Gasteiger partial charge in [0.1, 0.15) is 6.04 Å². The average molecular weight is 229 g/mol. The van der Waals surface area contributed by atoms with Gasteiger partial charge in [0.25, 0.3) is 0 Å². The Morgan fingerprint density at radius 1 is 1.43 bits per heavy atom. The predicted octanol–water partition coefficient (Wildman–Crippen LogP) is 1.84. The van der Waals surface area contributed by atoms with Crippen LogP contribution in [0.5, 0.6) is 0 Å². The van der Waals surface area contributed by atoms with E-state index in [9.17, 15) is 4.79 Å². The van der Waals surface area contributed by atoms with Crippen LogP contribution in [0.15, 0.2) is 35.2 Å². The van der Waals surface area contributed by atoms with Crippen molar-refractivity contribution in [3.63, 3.8) is 0 Å². The number of aliphatic carboxylic acids is 1. The van der Waals surface area contributed by atoms with Crippen molar-refractivity contribution in [1.29, 1.82) is 0 Å². The van der Waals surface area contributed by atoms with E-state index in [2.05, 4.69) is 0 Å². The van der Waals surface area contributed by atoms with Crippen LogP contribution in [0, 0.1) is 0 Å². The lowest BCUT2D eigenvalue weighted by molar-refractivity contribution is -0.137. The first-order chi connectivity index (χ1) is 6.70. The van der Waals surface area contributed by atoms with E-state index in [0.717, 1.165) is 4.90 Å². The third-order valence-electron chi connectivity index (χ3n) is 1.46. The third-order valence-corrected chi connectivity index (χ3v) is 3.88. The fourth-order valence-corrected chi connectivity index (χ4v) is 2.87. The van der Waals surface area contributed by atoms with Crippen molar-refractivity contribution in [2.45, 2.75) is 10.9 Å². The van der Waals surface area contributed by atoms with Gasteiger partial charge in [-0.25, -0.2) is 0 Å². The van der Waals surface area contributed by atoms with Crippen LogP contribution < -0.4 is 5.73 Å². The highest BCUT2D eigenvalue weighted by atomic mass is 33.1. The van der Waals surface area contributed by atoms with Gasteiger partial charge in [0.05, 0.1) is 0 Å². The second-order valence-electron chi connectivity index (χ2n) is 2.63. The molecule has 0 saturated heterocycles. The van der Waals surface area contributed by atoms with Crippen molar-refractivity contribution in [3.05, 3.63) is 30.3 Å². The molecule has 1 unspecified atom stereocenters. The molecule has 0 bridgehead atoms. The van der Waals surface area contributed by atoms with Gasteiger partial charge in [0.15, 0.2) is 0 Å². The molecule has 1 rings (SSSR count). The fourth-order valence-electron chi connectivity index (χ4n) is 0.723. The summed E-state index contributed by atoms with van der Waals surface area (Å²) in [7, 11) is 2.99. The molecule has 0 saturated carbocycles. The smallest absolute Gasteiger partial charge is 0.321 e. The Balaban J connectivity index is 2.26. The number of hydrogen-bond acceptors (Lipinski definition) is 4. The van der Waals surface area contributed by atoms with Gasteiger partial charge in [-0.05, 0) is 12.1 Å². The molecule has 5 heteroatoms. The van der Waals surface area contributed by atoms with E-state index in [0.29, 0.717) is 5.75 Å². The van der Waals surface area contributed by atoms with Crippen molar-refractivity contribution < 1.29 is 9.90 Å². The minimum absolute atomic E-state index is 0.412. The molecule has 0 aliphatic rings. The number of benzene rings is 1. The van der Waals surface area contributed by atoms with Crippen LogP contribution in [0.4, 0.5) is 0 Å². The SMILES string of the molecule is NC(CSSc1ccccc1)C(=O)O. The van der Waals surface area contributed by atoms with Gasteiger partial charge in [-0.3, -0.25) is 4.79 Å². The summed E-state index contributed by atoms with van der Waals surface area (Å²) < 4.78 is 0. The van der Waals surface area contributed by atoms with Crippen LogP contribution >= 0.6 is 21.6 Å². The number of nitrogens with two attached hydrogens (primary N) is 1. The molecular formula is C9H11NO2S2. The summed E-state index contributed by atoms with van der Waals surface area (Å²) in [5, 5.41) is 8.53. The van der Waals surface area contributed by atoms with E-state index in [-0.39, 0.29) is 0 Å². The topological polar surface area (TPSA) is 63.3 Å². The van der Waals surface area contributed by atoms with Crippen LogP contribution in [-0.2, 0) is 4.79 Å². The molecule has 0 heterocycles. The number of carboxylic acid groups (broad SMARTS) is 1. The number of hydrogen-bond donors (Lipinski definition) is 2. The normalized spacial score (nSPS) is 12.4. The molecule has 3 nitrogen and oxygen atoms in total. The minimum Gasteiger partial charge on any atom is -0.480 e. The maximum Gasteiger partial charge on any atom is 0.321 e. The van der Waals surface area contributed by atoms with E-state index < -0.39 is 12.0 Å². The average Bonchev–Trinajstić information content (AvgIpc) is 2.19. The second kappa shape index (κ2) is 5.95. The molecule has 0 aromatic heterocycles. The van der Waals surface area contributed by atoms with E-state index in [4.69, 9.17) is 10.8 Å². The van der Waals surface area contributed by atoms with Crippen LogP contribution in [0.3, 0.4) is 0 Å². The Morgan fingerprint density at radius 2 is 2.07 bits per heavy atom. The molecule has 1 aromatic rings. The lowest BCUT2D eigenvalue weighted by atomic mass is 10.4. The van der Waals surface area contributed by atoms with Crippen LogP contribution in [-0.4, -0.2) is 22.9 Å². The summed E-state index contributed by atoms with van der Waals surface area (Å²) in [5.74, 6) is -0.541. The van der Waals surface area contributed by atoms with E-state index in [1.807, 2.05) is 30.3 Å². The maximum atomic E-state index is 10.4. The zero-order valence-corrected chi connectivity index (χ0v) is 9.05. The molecule has 14 heavy (non-hydrogen) atoms. The van der Waals surface area contributed by atoms with E-state index in [1.54, 1.807) is 0 Å². The van der Waals surface area contributed by atoms with Gasteiger partial charge in [0.2, 0.25) is 0 Å². The molecule has 0 fully saturated rings. The first-order valence-corrected chi connectivity index (χ1v) is 6.35. The highest BCUT2D eigenvalue weighted by molar-refractivity contribution is 8.76. The van der Waals surface area contributed by atoms with Gasteiger partial charge < -0.3 is 10.8 Å². The van der Waals surface area contributed by atoms with Gasteiger partial charge >= 0.3 is 5.97 Å². The molecule has 1 atom stereocenters. The number of carbonyl (C=O) groups is 1. The summed E-state index contributed by atoms with van der Waals surface area (Å²) in [4.78, 5) is 11.5. The van der Waals surface area contributed by atoms with Crippen LogP contribution in [0.25, 0.3) is 0 Å². The Kier molecular flexibility index (Phi) is 4.86. The molecule has 1 aromatic carbocycles. The van der Waals surface area contributed by atoms with Gasteiger partial charge in [-0.1, -0.05) is 39.8 Å². The van der Waals surface area contributed by atoms with Crippen LogP contribution in [0.1, 0.15) is 0 Å². The summed E-state index contributed by atoms with van der Waals surface area (Å²) in [5.41, 5.74) is 5.35. The zero-order chi connectivity index (χ0) is 10.4. The molecule has 0 aliphatic heterocycles. The Morgan fingerprint density at radius 3 is 2.64 bits per heavy atom. The van der Waals surface area contributed by atoms with E-state index in [1.165, 1.54) is 21.6 Å². The van der Waals surface area contributed by atoms with Crippen molar-refractivity contribution in [2.24, 2.45) is 5.73 Å². The molecule has 3 N–H and O–H groups in total. The Labute approximate surface area is 90.5 Å². The minimum atomic E-state index is -0.953. The fraction of sp³-hybridized carbons (Fsp3) is 0.222. The summed E-state index contributed by atoms with van der Waals surface area (Å²) in [6.07, 6.45) is 0. The highest BCUT2D eigenvalue weighted by Gasteiger charge is 2.10. The van der Waals surface area contributed by atoms with Crippen molar-refractivity contribution >= 4 is 27.6 Å². The highest BCUT2D eigenvalue weighted by Crippen LogP contribution is 2.30. The lowest BCUT2D eigenvalue weighted by Gasteiger charge is -2.04. The van der Waals surface area contributed by atoms with Crippen molar-refractivity contribution in [2.75, 3.05) is 5.75 Å². The standard InChI is InChI=1S/C9H11NO2S2/c10-8(9(11)12)6-13-14-7-4-2-1-3-5-7/h1-5,8H,6,10H2,(H,11,12). The third kappa shape index (κ3) is 4.04. The van der Waals surface area contributed by atoms with Gasteiger partial charge in [-0.2, -0.15) is 0 Å². The van der Waals surface area contributed by atoms with Crippen molar-refractivity contribution in [1.82, 2.24) is 0 Å².